The number of alkyl halides is 3. The molecule has 0 aliphatic carbocycles. The molecule has 0 radical (unpaired) electrons. The standard InChI is InChI=1S/C9H19F3N2O/c1-13-4-2-5-14-6-3-7-15-8-9(10,11)12/h13-14H,2-8H2,1H3. The van der Waals surface area contributed by atoms with Crippen LogP contribution in [-0.4, -0.2) is 46.1 Å². The summed E-state index contributed by atoms with van der Waals surface area (Å²) in [7, 11) is 1.88. The Labute approximate surface area is 88.4 Å². The average Bonchev–Trinajstić information content (AvgIpc) is 2.14. The smallest absolute Gasteiger partial charge is 0.372 e. The zero-order valence-corrected chi connectivity index (χ0v) is 8.99. The van der Waals surface area contributed by atoms with Gasteiger partial charge >= 0.3 is 6.18 Å². The Bertz CT molecular complexity index is 142. The highest BCUT2D eigenvalue weighted by Crippen LogP contribution is 2.14. The zero-order valence-electron chi connectivity index (χ0n) is 8.99. The van der Waals surface area contributed by atoms with Crippen LogP contribution in [0.25, 0.3) is 0 Å². The predicted octanol–water partition coefficient (Wildman–Crippen LogP) is 1.15. The molecule has 0 saturated heterocycles. The molecule has 0 unspecified atom stereocenters. The van der Waals surface area contributed by atoms with Crippen molar-refractivity contribution >= 4 is 0 Å². The van der Waals surface area contributed by atoms with Crippen LogP contribution in [-0.2, 0) is 4.74 Å². The number of rotatable bonds is 9. The largest absolute Gasteiger partial charge is 0.411 e. The van der Waals surface area contributed by atoms with E-state index in [9.17, 15) is 13.2 Å². The lowest BCUT2D eigenvalue weighted by atomic mass is 10.4. The number of nitrogens with one attached hydrogen (secondary N) is 2. The maximum Gasteiger partial charge on any atom is 0.411 e. The van der Waals surface area contributed by atoms with Crippen LogP contribution in [0.3, 0.4) is 0 Å². The van der Waals surface area contributed by atoms with Gasteiger partial charge in [-0.15, -0.1) is 0 Å². The van der Waals surface area contributed by atoms with Gasteiger partial charge in [0.2, 0.25) is 0 Å². The Morgan fingerprint density at radius 2 is 1.73 bits per heavy atom. The number of ether oxygens (including phenoxy) is 1. The molecule has 0 fully saturated rings. The molecule has 0 aromatic carbocycles. The Kier molecular flexibility index (Phi) is 8.74. The van der Waals surface area contributed by atoms with Gasteiger partial charge in [-0.2, -0.15) is 13.2 Å². The van der Waals surface area contributed by atoms with E-state index in [1.54, 1.807) is 0 Å². The molecule has 0 spiro atoms. The van der Waals surface area contributed by atoms with Gasteiger partial charge in [0.25, 0.3) is 0 Å². The third-order valence-electron chi connectivity index (χ3n) is 1.69. The molecule has 0 aliphatic heterocycles. The summed E-state index contributed by atoms with van der Waals surface area (Å²) in [5.41, 5.74) is 0. The molecule has 0 aliphatic rings. The highest BCUT2D eigenvalue weighted by atomic mass is 19.4. The van der Waals surface area contributed by atoms with Crippen LogP contribution >= 0.6 is 0 Å². The van der Waals surface area contributed by atoms with Gasteiger partial charge in [-0.3, -0.25) is 0 Å². The van der Waals surface area contributed by atoms with E-state index >= 15 is 0 Å². The van der Waals surface area contributed by atoms with E-state index in [0.717, 1.165) is 19.5 Å². The van der Waals surface area contributed by atoms with Crippen LogP contribution in [0.5, 0.6) is 0 Å². The third-order valence-corrected chi connectivity index (χ3v) is 1.69. The molecule has 0 aromatic heterocycles. The molecule has 6 heteroatoms. The maximum atomic E-state index is 11.6. The molecule has 15 heavy (non-hydrogen) atoms. The minimum absolute atomic E-state index is 0.151. The van der Waals surface area contributed by atoms with E-state index in [2.05, 4.69) is 15.4 Å². The minimum atomic E-state index is -4.21. The molecular weight excluding hydrogens is 209 g/mol. The minimum Gasteiger partial charge on any atom is -0.372 e. The molecule has 0 amide bonds. The first-order chi connectivity index (χ1) is 7.06. The normalized spacial score (nSPS) is 12.0. The summed E-state index contributed by atoms with van der Waals surface area (Å²) in [5.74, 6) is 0. The van der Waals surface area contributed by atoms with Gasteiger partial charge in [0, 0.05) is 6.61 Å². The lowest BCUT2D eigenvalue weighted by Crippen LogP contribution is -2.23. The average molecular weight is 228 g/mol. The summed E-state index contributed by atoms with van der Waals surface area (Å²) in [6, 6.07) is 0. The van der Waals surface area contributed by atoms with Crippen molar-refractivity contribution in [2.75, 3.05) is 39.9 Å². The molecule has 0 bridgehead atoms. The maximum absolute atomic E-state index is 11.6. The van der Waals surface area contributed by atoms with Crippen molar-refractivity contribution < 1.29 is 17.9 Å². The molecule has 0 atom stereocenters. The van der Waals surface area contributed by atoms with Crippen molar-refractivity contribution in [1.82, 2.24) is 10.6 Å². The number of halogens is 3. The van der Waals surface area contributed by atoms with Crippen LogP contribution in [0.15, 0.2) is 0 Å². The van der Waals surface area contributed by atoms with Crippen LogP contribution in [0.4, 0.5) is 13.2 Å². The fourth-order valence-electron chi connectivity index (χ4n) is 1.00. The Morgan fingerprint density at radius 3 is 2.33 bits per heavy atom. The highest BCUT2D eigenvalue weighted by Gasteiger charge is 2.26. The molecule has 0 saturated carbocycles. The van der Waals surface area contributed by atoms with Crippen LogP contribution in [0.2, 0.25) is 0 Å². The summed E-state index contributed by atoms with van der Waals surface area (Å²) in [6.07, 6.45) is -2.59. The monoisotopic (exact) mass is 228 g/mol. The van der Waals surface area contributed by atoms with Crippen molar-refractivity contribution in [3.63, 3.8) is 0 Å². The Hall–Kier alpha value is -0.330. The summed E-state index contributed by atoms with van der Waals surface area (Å²) >= 11 is 0. The van der Waals surface area contributed by atoms with Gasteiger partial charge < -0.3 is 15.4 Å². The molecule has 0 heterocycles. The van der Waals surface area contributed by atoms with E-state index in [4.69, 9.17) is 0 Å². The van der Waals surface area contributed by atoms with Crippen LogP contribution in [0.1, 0.15) is 12.8 Å². The van der Waals surface area contributed by atoms with Gasteiger partial charge in [0.15, 0.2) is 0 Å². The lowest BCUT2D eigenvalue weighted by Gasteiger charge is -2.08. The topological polar surface area (TPSA) is 33.3 Å². The Balaban J connectivity index is 2.99. The predicted molar refractivity (Wildman–Crippen MR) is 52.9 cm³/mol. The summed E-state index contributed by atoms with van der Waals surface area (Å²) in [6.45, 7) is 1.52. The summed E-state index contributed by atoms with van der Waals surface area (Å²) < 4.78 is 39.3. The van der Waals surface area contributed by atoms with Crippen LogP contribution in [0, 0.1) is 0 Å². The van der Waals surface area contributed by atoms with Gasteiger partial charge in [-0.05, 0) is 39.5 Å². The third kappa shape index (κ3) is 13.7. The Morgan fingerprint density at radius 1 is 1.07 bits per heavy atom. The molecule has 2 N–H and O–H groups in total. The van der Waals surface area contributed by atoms with E-state index in [0.29, 0.717) is 13.0 Å². The molecule has 0 rings (SSSR count). The van der Waals surface area contributed by atoms with Crippen molar-refractivity contribution in [2.24, 2.45) is 0 Å². The van der Waals surface area contributed by atoms with E-state index in [1.807, 2.05) is 7.05 Å². The second-order valence-corrected chi connectivity index (χ2v) is 3.23. The SMILES string of the molecule is CNCCCNCCCOCC(F)(F)F. The quantitative estimate of drug-likeness (QED) is 0.581. The second kappa shape index (κ2) is 8.94. The molecule has 0 aromatic rings. The molecule has 3 nitrogen and oxygen atoms in total. The molecular formula is C9H19F3N2O. The first kappa shape index (κ1) is 14.7. The fourth-order valence-corrected chi connectivity index (χ4v) is 1.00. The van der Waals surface area contributed by atoms with Gasteiger partial charge in [0.05, 0.1) is 0 Å². The number of hydrogen-bond acceptors (Lipinski definition) is 3. The van der Waals surface area contributed by atoms with Crippen molar-refractivity contribution in [3.8, 4) is 0 Å². The van der Waals surface area contributed by atoms with Crippen LogP contribution < -0.4 is 10.6 Å². The molecule has 92 valence electrons. The second-order valence-electron chi connectivity index (χ2n) is 3.23. The first-order valence-electron chi connectivity index (χ1n) is 5.06. The highest BCUT2D eigenvalue weighted by molar-refractivity contribution is 4.50. The van der Waals surface area contributed by atoms with E-state index in [-0.39, 0.29) is 6.61 Å². The summed E-state index contributed by atoms with van der Waals surface area (Å²) in [4.78, 5) is 0. The fraction of sp³-hybridized carbons (Fsp3) is 1.00. The zero-order chi connectivity index (χ0) is 11.6. The lowest BCUT2D eigenvalue weighted by molar-refractivity contribution is -0.173. The summed E-state index contributed by atoms with van der Waals surface area (Å²) in [5, 5.41) is 6.12. The number of hydrogen-bond donors (Lipinski definition) is 2. The van der Waals surface area contributed by atoms with Crippen molar-refractivity contribution in [2.45, 2.75) is 19.0 Å². The van der Waals surface area contributed by atoms with E-state index in [1.165, 1.54) is 0 Å². The van der Waals surface area contributed by atoms with Gasteiger partial charge in [0.1, 0.15) is 6.61 Å². The first-order valence-corrected chi connectivity index (χ1v) is 5.06. The van der Waals surface area contributed by atoms with Gasteiger partial charge in [-0.1, -0.05) is 0 Å². The van der Waals surface area contributed by atoms with E-state index < -0.39 is 12.8 Å². The van der Waals surface area contributed by atoms with Crippen molar-refractivity contribution in [1.29, 1.82) is 0 Å². The van der Waals surface area contributed by atoms with Gasteiger partial charge in [-0.25, -0.2) is 0 Å². The van der Waals surface area contributed by atoms with Crippen molar-refractivity contribution in [3.05, 3.63) is 0 Å².